The molecule has 2 rings (SSSR count). The van der Waals surface area contributed by atoms with Crippen LogP contribution in [-0.4, -0.2) is 62.3 Å². The van der Waals surface area contributed by atoms with Gasteiger partial charge in [-0.05, 0) is 10.4 Å². The number of nitrogens with zero attached hydrogens (tertiary/aromatic N) is 6. The van der Waals surface area contributed by atoms with Crippen LogP contribution < -0.4 is 5.32 Å². The van der Waals surface area contributed by atoms with Crippen molar-refractivity contribution in [3.8, 4) is 0 Å². The van der Waals surface area contributed by atoms with E-state index in [-0.39, 0.29) is 0 Å². The van der Waals surface area contributed by atoms with E-state index in [4.69, 9.17) is 4.74 Å². The molecule has 9 heteroatoms. The maximum atomic E-state index is 4.98. The van der Waals surface area contributed by atoms with Crippen molar-refractivity contribution in [2.75, 3.05) is 32.6 Å². The second-order valence-corrected chi connectivity index (χ2v) is 5.54. The topological polar surface area (TPSA) is 82.7 Å². The van der Waals surface area contributed by atoms with E-state index in [2.05, 4.69) is 25.8 Å². The van der Waals surface area contributed by atoms with E-state index in [0.717, 1.165) is 42.8 Å². The van der Waals surface area contributed by atoms with Crippen LogP contribution in [0.2, 0.25) is 0 Å². The molecule has 2 aromatic heterocycles. The Morgan fingerprint density at radius 1 is 1.38 bits per heavy atom. The number of aryl methyl sites for hydroxylation is 2. The monoisotopic (exact) mass is 311 g/mol. The van der Waals surface area contributed by atoms with E-state index >= 15 is 0 Å². The van der Waals surface area contributed by atoms with Crippen LogP contribution in [0.3, 0.4) is 0 Å². The van der Waals surface area contributed by atoms with Crippen LogP contribution in [-0.2, 0) is 24.8 Å². The zero-order valence-corrected chi connectivity index (χ0v) is 13.2. The molecule has 0 aliphatic heterocycles. The van der Waals surface area contributed by atoms with E-state index in [0.29, 0.717) is 6.61 Å². The van der Waals surface area contributed by atoms with Crippen LogP contribution in [0.5, 0.6) is 0 Å². The summed E-state index contributed by atoms with van der Waals surface area (Å²) in [6.07, 6.45) is 4.67. The molecular formula is C12H21N7OS. The fourth-order valence-corrected chi connectivity index (χ4v) is 2.63. The number of aromatic nitrogens is 6. The summed E-state index contributed by atoms with van der Waals surface area (Å²) in [4.78, 5) is 4.30. The van der Waals surface area contributed by atoms with Gasteiger partial charge in [-0.3, -0.25) is 0 Å². The molecule has 0 aliphatic rings. The number of ether oxygens (including phenoxy) is 1. The first-order valence-corrected chi connectivity index (χ1v) is 7.84. The van der Waals surface area contributed by atoms with E-state index < -0.39 is 0 Å². The van der Waals surface area contributed by atoms with Crippen molar-refractivity contribution in [3.05, 3.63) is 18.2 Å². The summed E-state index contributed by atoms with van der Waals surface area (Å²) >= 11 is 1.65. The second-order valence-electron chi connectivity index (χ2n) is 4.48. The van der Waals surface area contributed by atoms with Crippen LogP contribution >= 0.6 is 11.8 Å². The minimum atomic E-state index is 0.709. The lowest BCUT2D eigenvalue weighted by Gasteiger charge is -2.06. The average molecular weight is 311 g/mol. The molecule has 8 nitrogen and oxygen atoms in total. The smallest absolute Gasteiger partial charge is 0.209 e. The third-order valence-corrected chi connectivity index (χ3v) is 3.92. The Morgan fingerprint density at radius 3 is 3.05 bits per heavy atom. The van der Waals surface area contributed by atoms with E-state index in [1.54, 1.807) is 18.9 Å². The van der Waals surface area contributed by atoms with Crippen LogP contribution in [0.25, 0.3) is 0 Å². The largest absolute Gasteiger partial charge is 0.383 e. The average Bonchev–Trinajstić information content (AvgIpc) is 3.09. The molecule has 0 aromatic carbocycles. The standard InChI is InChI=1S/C12H21N7OS/c1-18-7-5-14-11(18)3-10-21-12-15-16-17-19(12)8-4-13-6-9-20-2/h5,7,13H,3-4,6,8-10H2,1-2H3. The molecule has 0 saturated carbocycles. The number of hydrogen-bond acceptors (Lipinski definition) is 7. The highest BCUT2D eigenvalue weighted by Gasteiger charge is 2.07. The molecule has 2 aromatic rings. The third-order valence-electron chi connectivity index (χ3n) is 2.96. The van der Waals surface area contributed by atoms with Crippen molar-refractivity contribution in [2.24, 2.45) is 7.05 Å². The number of nitrogens with one attached hydrogen (secondary N) is 1. The molecule has 0 amide bonds. The van der Waals surface area contributed by atoms with Crippen LogP contribution in [0.1, 0.15) is 5.82 Å². The minimum Gasteiger partial charge on any atom is -0.383 e. The normalized spacial score (nSPS) is 11.1. The molecule has 0 atom stereocenters. The van der Waals surface area contributed by atoms with Gasteiger partial charge >= 0.3 is 0 Å². The molecule has 0 bridgehead atoms. The van der Waals surface area contributed by atoms with Gasteiger partial charge in [0, 0.05) is 51.8 Å². The molecule has 0 spiro atoms. The lowest BCUT2D eigenvalue weighted by atomic mass is 10.4. The van der Waals surface area contributed by atoms with Crippen LogP contribution in [0.15, 0.2) is 17.6 Å². The lowest BCUT2D eigenvalue weighted by Crippen LogP contribution is -2.24. The van der Waals surface area contributed by atoms with Gasteiger partial charge in [-0.1, -0.05) is 11.8 Å². The number of thioether (sulfide) groups is 1. The maximum absolute atomic E-state index is 4.98. The molecule has 0 unspecified atom stereocenters. The van der Waals surface area contributed by atoms with E-state index in [1.807, 2.05) is 28.7 Å². The Balaban J connectivity index is 1.71. The summed E-state index contributed by atoms with van der Waals surface area (Å²) in [7, 11) is 3.70. The molecule has 21 heavy (non-hydrogen) atoms. The molecule has 116 valence electrons. The molecule has 2 heterocycles. The fraction of sp³-hybridized carbons (Fsp3) is 0.667. The first kappa shape index (κ1) is 15.9. The van der Waals surface area contributed by atoms with Crippen molar-refractivity contribution >= 4 is 11.8 Å². The molecule has 0 aliphatic carbocycles. The number of methoxy groups -OCH3 is 1. The Bertz CT molecular complexity index is 527. The third kappa shape index (κ3) is 5.10. The first-order chi connectivity index (χ1) is 10.3. The minimum absolute atomic E-state index is 0.709. The van der Waals surface area contributed by atoms with Crippen LogP contribution in [0.4, 0.5) is 0 Å². The lowest BCUT2D eigenvalue weighted by molar-refractivity contribution is 0.199. The summed E-state index contributed by atoms with van der Waals surface area (Å²) in [5.41, 5.74) is 0. The number of tetrazole rings is 1. The van der Waals surface area contributed by atoms with Gasteiger partial charge in [0.15, 0.2) is 0 Å². The van der Waals surface area contributed by atoms with E-state index in [1.165, 1.54) is 0 Å². The van der Waals surface area contributed by atoms with Gasteiger partial charge in [0.2, 0.25) is 5.16 Å². The molecule has 0 radical (unpaired) electrons. The molecule has 0 fully saturated rings. The molecular weight excluding hydrogens is 290 g/mol. The predicted molar refractivity (Wildman–Crippen MR) is 80.2 cm³/mol. The summed E-state index contributed by atoms with van der Waals surface area (Å²) in [5, 5.41) is 15.9. The summed E-state index contributed by atoms with van der Waals surface area (Å²) < 4.78 is 8.83. The van der Waals surface area contributed by atoms with Crippen molar-refractivity contribution in [3.63, 3.8) is 0 Å². The molecule has 0 saturated heterocycles. The number of hydrogen-bond donors (Lipinski definition) is 1. The van der Waals surface area contributed by atoms with E-state index in [9.17, 15) is 0 Å². The SMILES string of the molecule is COCCNCCn1nnnc1SCCc1nccn1C. The van der Waals surface area contributed by atoms with Crippen molar-refractivity contribution in [1.82, 2.24) is 35.1 Å². The van der Waals surface area contributed by atoms with Crippen molar-refractivity contribution < 1.29 is 4.74 Å². The highest BCUT2D eigenvalue weighted by Crippen LogP contribution is 2.14. The quantitative estimate of drug-likeness (QED) is 0.487. The maximum Gasteiger partial charge on any atom is 0.209 e. The van der Waals surface area contributed by atoms with Gasteiger partial charge in [0.1, 0.15) is 5.82 Å². The number of imidazole rings is 1. The Kier molecular flexibility index (Phi) is 6.64. The Labute approximate surface area is 128 Å². The number of rotatable bonds is 10. The fourth-order valence-electron chi connectivity index (χ4n) is 1.80. The van der Waals surface area contributed by atoms with Crippen molar-refractivity contribution in [1.29, 1.82) is 0 Å². The highest BCUT2D eigenvalue weighted by molar-refractivity contribution is 7.99. The highest BCUT2D eigenvalue weighted by atomic mass is 32.2. The van der Waals surface area contributed by atoms with Gasteiger partial charge in [-0.2, -0.15) is 0 Å². The van der Waals surface area contributed by atoms with Gasteiger partial charge in [-0.25, -0.2) is 9.67 Å². The molecule has 1 N–H and O–H groups in total. The second kappa shape index (κ2) is 8.75. The summed E-state index contributed by atoms with van der Waals surface area (Å²) in [5.74, 6) is 1.98. The van der Waals surface area contributed by atoms with Gasteiger partial charge in [0.05, 0.1) is 13.2 Å². The van der Waals surface area contributed by atoms with Gasteiger partial charge in [-0.15, -0.1) is 5.10 Å². The van der Waals surface area contributed by atoms with Gasteiger partial charge in [0.25, 0.3) is 0 Å². The summed E-state index contributed by atoms with van der Waals surface area (Å²) in [6.45, 7) is 3.11. The summed E-state index contributed by atoms with van der Waals surface area (Å²) in [6, 6.07) is 0. The zero-order chi connectivity index (χ0) is 14.9. The Morgan fingerprint density at radius 2 is 2.29 bits per heavy atom. The van der Waals surface area contributed by atoms with Crippen LogP contribution in [0, 0.1) is 0 Å². The van der Waals surface area contributed by atoms with Gasteiger partial charge < -0.3 is 14.6 Å². The predicted octanol–water partition coefficient (Wildman–Crippen LogP) is -0.0226. The van der Waals surface area contributed by atoms with Crippen molar-refractivity contribution in [2.45, 2.75) is 18.1 Å². The zero-order valence-electron chi connectivity index (χ0n) is 12.4. The first-order valence-electron chi connectivity index (χ1n) is 6.86. The Hall–Kier alpha value is -1.45.